The molecule has 0 aromatic carbocycles. The van der Waals surface area contributed by atoms with Gasteiger partial charge in [-0.1, -0.05) is 160 Å². The van der Waals surface area contributed by atoms with Crippen molar-refractivity contribution in [1.82, 2.24) is 0 Å². The lowest BCUT2D eigenvalue weighted by atomic mass is 10.0. The maximum absolute atomic E-state index is 12.6. The fourth-order valence-electron chi connectivity index (χ4n) is 6.05. The zero-order valence-electron chi connectivity index (χ0n) is 31.3. The molecule has 0 bridgehead atoms. The molecular formula is C42H74INO4. The zero-order chi connectivity index (χ0) is 33.9. The molecule has 6 heteroatoms. The molecule has 0 N–H and O–H groups in total. The van der Waals surface area contributed by atoms with E-state index in [1.807, 2.05) is 35.2 Å². The number of carbonyl (C=O) groups is 2. The highest BCUT2D eigenvalue weighted by Crippen LogP contribution is 2.14. The van der Waals surface area contributed by atoms with E-state index in [2.05, 4.69) is 26.0 Å². The third-order valence-corrected chi connectivity index (χ3v) is 9.05. The van der Waals surface area contributed by atoms with Crippen molar-refractivity contribution in [1.29, 1.82) is 0 Å². The first-order chi connectivity index (χ1) is 23.2. The van der Waals surface area contributed by atoms with Gasteiger partial charge in [0.25, 0.3) is 0 Å². The molecule has 0 unspecified atom stereocenters. The molecule has 0 radical (unpaired) electrons. The number of hydrogen-bond donors (Lipinski definition) is 0. The largest absolute Gasteiger partial charge is 1.00 e. The molecule has 0 aliphatic heterocycles. The standard InChI is InChI=1S/C42H74NO4.HI/c1-3-5-7-9-11-13-15-17-18-20-21-23-25-27-30-34-41(44)46-39-40(38-43-36-32-29-33-37-43)47-42(45)35-31-28-26-24-22-19-16-14-12-10-8-6-4-2;/h17-18,29,32-33,36-37,40H,3-16,19-28,30-31,34-35,38-39H2,1-2H3;1H/q+1;/p-1/b18-17-;/t40-;/m1./s1. The number of ether oxygens (including phenoxy) is 2. The highest BCUT2D eigenvalue weighted by molar-refractivity contribution is 5.70. The van der Waals surface area contributed by atoms with Crippen molar-refractivity contribution < 1.29 is 47.6 Å². The Kier molecular flexibility index (Phi) is 35.7. The van der Waals surface area contributed by atoms with Crippen molar-refractivity contribution in [2.45, 2.75) is 206 Å². The normalized spacial score (nSPS) is 11.8. The van der Waals surface area contributed by atoms with Crippen LogP contribution in [0.5, 0.6) is 0 Å². The van der Waals surface area contributed by atoms with Gasteiger partial charge in [0.05, 0.1) is 0 Å². The molecule has 5 nitrogen and oxygen atoms in total. The highest BCUT2D eigenvalue weighted by atomic mass is 127. The predicted molar refractivity (Wildman–Crippen MR) is 197 cm³/mol. The molecule has 1 aromatic heterocycles. The minimum atomic E-state index is -0.477. The van der Waals surface area contributed by atoms with Crippen LogP contribution >= 0.6 is 0 Å². The van der Waals surface area contributed by atoms with E-state index in [1.54, 1.807) is 0 Å². The number of allylic oxidation sites excluding steroid dienone is 2. The number of halogens is 1. The summed E-state index contributed by atoms with van der Waals surface area (Å²) in [5.41, 5.74) is 0. The molecule has 278 valence electrons. The third-order valence-electron chi connectivity index (χ3n) is 9.05. The van der Waals surface area contributed by atoms with Gasteiger partial charge < -0.3 is 33.5 Å². The first-order valence-electron chi connectivity index (χ1n) is 20.1. The van der Waals surface area contributed by atoms with Crippen LogP contribution < -0.4 is 28.5 Å². The van der Waals surface area contributed by atoms with Gasteiger partial charge in [-0.2, -0.15) is 0 Å². The number of hydrogen-bond acceptors (Lipinski definition) is 4. The smallest absolute Gasteiger partial charge is 0.306 e. The van der Waals surface area contributed by atoms with Crippen molar-refractivity contribution in [3.8, 4) is 0 Å². The maximum atomic E-state index is 12.6. The average Bonchev–Trinajstić information content (AvgIpc) is 3.08. The second-order valence-corrected chi connectivity index (χ2v) is 13.7. The lowest BCUT2D eigenvalue weighted by Gasteiger charge is -2.16. The number of aromatic nitrogens is 1. The van der Waals surface area contributed by atoms with Crippen LogP contribution in [0, 0.1) is 0 Å². The quantitative estimate of drug-likeness (QED) is 0.0231. The van der Waals surface area contributed by atoms with Crippen LogP contribution in [-0.4, -0.2) is 24.6 Å². The zero-order valence-corrected chi connectivity index (χ0v) is 33.4. The molecule has 0 aliphatic rings. The Hall–Kier alpha value is -1.44. The molecule has 0 spiro atoms. The van der Waals surface area contributed by atoms with E-state index in [0.717, 1.165) is 38.5 Å². The molecule has 48 heavy (non-hydrogen) atoms. The first kappa shape index (κ1) is 46.6. The fraction of sp³-hybridized carbons (Fsp3) is 0.786. The van der Waals surface area contributed by atoms with Gasteiger partial charge in [0.1, 0.15) is 6.61 Å². The molecule has 0 amide bonds. The summed E-state index contributed by atoms with van der Waals surface area (Å²) >= 11 is 0. The van der Waals surface area contributed by atoms with Gasteiger partial charge in [-0.3, -0.25) is 9.59 Å². The molecule has 0 saturated heterocycles. The van der Waals surface area contributed by atoms with Gasteiger partial charge in [-0.25, -0.2) is 4.57 Å². The summed E-state index contributed by atoms with van der Waals surface area (Å²) in [5.74, 6) is -0.388. The maximum Gasteiger partial charge on any atom is 0.306 e. The van der Waals surface area contributed by atoms with Crippen LogP contribution in [0.3, 0.4) is 0 Å². The van der Waals surface area contributed by atoms with E-state index in [4.69, 9.17) is 9.47 Å². The van der Waals surface area contributed by atoms with Crippen molar-refractivity contribution in [3.05, 3.63) is 42.7 Å². The monoisotopic (exact) mass is 783 g/mol. The third kappa shape index (κ3) is 31.8. The number of unbranched alkanes of at least 4 members (excludes halogenated alkanes) is 23. The summed E-state index contributed by atoms with van der Waals surface area (Å²) in [6.07, 6.45) is 41.6. The second-order valence-electron chi connectivity index (χ2n) is 13.7. The lowest BCUT2D eigenvalue weighted by Crippen LogP contribution is -3.00. The molecule has 1 atom stereocenters. The minimum absolute atomic E-state index is 0. The highest BCUT2D eigenvalue weighted by Gasteiger charge is 2.21. The number of carbonyl (C=O) groups excluding carboxylic acids is 2. The van der Waals surface area contributed by atoms with Crippen LogP contribution in [-0.2, 0) is 25.6 Å². The van der Waals surface area contributed by atoms with E-state index in [0.29, 0.717) is 19.4 Å². The summed E-state index contributed by atoms with van der Waals surface area (Å²) in [4.78, 5) is 25.1. The lowest BCUT2D eigenvalue weighted by molar-refractivity contribution is -0.703. The Balaban J connectivity index is 0.0000221. The van der Waals surface area contributed by atoms with Crippen LogP contribution in [0.2, 0.25) is 0 Å². The predicted octanol–water partition coefficient (Wildman–Crippen LogP) is 8.95. The molecule has 0 fully saturated rings. The minimum Gasteiger partial charge on any atom is -1.00 e. The average molecular weight is 784 g/mol. The Morgan fingerprint density at radius 1 is 0.542 bits per heavy atom. The van der Waals surface area contributed by atoms with Crippen molar-refractivity contribution >= 4 is 11.9 Å². The Morgan fingerprint density at radius 3 is 1.40 bits per heavy atom. The molecule has 1 heterocycles. The van der Waals surface area contributed by atoms with Gasteiger partial charge in [0.15, 0.2) is 25.0 Å². The van der Waals surface area contributed by atoms with Gasteiger partial charge in [0.2, 0.25) is 0 Å². The van der Waals surface area contributed by atoms with Crippen molar-refractivity contribution in [3.63, 3.8) is 0 Å². The summed E-state index contributed by atoms with van der Waals surface area (Å²) < 4.78 is 13.4. The van der Waals surface area contributed by atoms with Gasteiger partial charge >= 0.3 is 11.9 Å². The van der Waals surface area contributed by atoms with Crippen LogP contribution in [0.15, 0.2) is 42.7 Å². The Morgan fingerprint density at radius 2 is 0.938 bits per heavy atom. The SMILES string of the molecule is CCCCCCCC/C=C\CCCCCCCC(=O)OC[C@@H](C[n+]1ccccc1)OC(=O)CCCCCCCCCCCCCCC.[I-]. The van der Waals surface area contributed by atoms with E-state index in [9.17, 15) is 9.59 Å². The number of pyridine rings is 1. The molecule has 1 aromatic rings. The Bertz CT molecular complexity index is 862. The van der Waals surface area contributed by atoms with Crippen molar-refractivity contribution in [2.75, 3.05) is 6.61 Å². The number of nitrogens with zero attached hydrogens (tertiary/aromatic N) is 1. The van der Waals surface area contributed by atoms with Crippen LogP contribution in [0.25, 0.3) is 0 Å². The number of rotatable bonds is 34. The van der Waals surface area contributed by atoms with Gasteiger partial charge in [0, 0.05) is 25.0 Å². The topological polar surface area (TPSA) is 56.5 Å². The summed E-state index contributed by atoms with van der Waals surface area (Å²) in [6, 6.07) is 5.86. The van der Waals surface area contributed by atoms with E-state index in [-0.39, 0.29) is 42.5 Å². The molecule has 0 aliphatic carbocycles. The van der Waals surface area contributed by atoms with E-state index < -0.39 is 6.10 Å². The van der Waals surface area contributed by atoms with Gasteiger partial charge in [-0.15, -0.1) is 0 Å². The molecule has 0 saturated carbocycles. The number of esters is 2. The second kappa shape index (κ2) is 36.8. The van der Waals surface area contributed by atoms with Crippen molar-refractivity contribution in [2.24, 2.45) is 0 Å². The first-order valence-corrected chi connectivity index (χ1v) is 20.1. The van der Waals surface area contributed by atoms with E-state index >= 15 is 0 Å². The molecular weight excluding hydrogens is 709 g/mol. The Labute approximate surface area is 313 Å². The van der Waals surface area contributed by atoms with Crippen LogP contribution in [0.4, 0.5) is 0 Å². The fourth-order valence-corrected chi connectivity index (χ4v) is 6.05. The summed E-state index contributed by atoms with van der Waals surface area (Å²) in [7, 11) is 0. The molecule has 1 rings (SSSR count). The van der Waals surface area contributed by atoms with E-state index in [1.165, 1.54) is 128 Å². The van der Waals surface area contributed by atoms with Crippen LogP contribution in [0.1, 0.15) is 194 Å². The summed E-state index contributed by atoms with van der Waals surface area (Å²) in [6.45, 7) is 5.12. The van der Waals surface area contributed by atoms with Gasteiger partial charge in [-0.05, 0) is 38.5 Å². The summed E-state index contributed by atoms with van der Waals surface area (Å²) in [5, 5.41) is 0.